The van der Waals surface area contributed by atoms with E-state index in [1.54, 1.807) is 18.2 Å². The SMILES string of the molecule is CC(C)[C@H]1C[C@@H]1c1ccccc1OC(F)(F)F. The lowest BCUT2D eigenvalue weighted by Gasteiger charge is -2.13. The van der Waals surface area contributed by atoms with Crippen molar-refractivity contribution in [2.24, 2.45) is 11.8 Å². The first-order chi connectivity index (χ1) is 7.88. The molecule has 0 bridgehead atoms. The molecule has 1 aromatic carbocycles. The molecule has 2 atom stereocenters. The Bertz CT molecular complexity index is 398. The van der Waals surface area contributed by atoms with Crippen molar-refractivity contribution in [2.45, 2.75) is 32.5 Å². The molecule has 0 heterocycles. The Balaban J connectivity index is 2.18. The van der Waals surface area contributed by atoms with E-state index in [1.165, 1.54) is 6.07 Å². The molecule has 0 aliphatic heterocycles. The first-order valence-corrected chi connectivity index (χ1v) is 5.73. The Labute approximate surface area is 98.6 Å². The summed E-state index contributed by atoms with van der Waals surface area (Å²) in [5.74, 6) is 1.15. The molecule has 0 unspecified atom stereocenters. The summed E-state index contributed by atoms with van der Waals surface area (Å²) in [7, 11) is 0. The molecule has 4 heteroatoms. The highest BCUT2D eigenvalue weighted by atomic mass is 19.4. The summed E-state index contributed by atoms with van der Waals surface area (Å²) in [5.41, 5.74) is 0.684. The first-order valence-electron chi connectivity index (χ1n) is 5.73. The molecule has 1 fully saturated rings. The third-order valence-corrected chi connectivity index (χ3v) is 3.24. The second kappa shape index (κ2) is 4.24. The Hall–Kier alpha value is -1.19. The summed E-state index contributed by atoms with van der Waals surface area (Å²) >= 11 is 0. The summed E-state index contributed by atoms with van der Waals surface area (Å²) in [4.78, 5) is 0. The number of benzene rings is 1. The lowest BCUT2D eigenvalue weighted by molar-refractivity contribution is -0.274. The molecule has 0 radical (unpaired) electrons. The fourth-order valence-electron chi connectivity index (χ4n) is 2.31. The van der Waals surface area contributed by atoms with E-state index in [9.17, 15) is 13.2 Å². The Morgan fingerprint density at radius 2 is 1.88 bits per heavy atom. The van der Waals surface area contributed by atoms with Crippen molar-refractivity contribution in [1.82, 2.24) is 0 Å². The van der Waals surface area contributed by atoms with E-state index >= 15 is 0 Å². The number of ether oxygens (including phenoxy) is 1. The molecule has 94 valence electrons. The van der Waals surface area contributed by atoms with E-state index in [-0.39, 0.29) is 11.7 Å². The van der Waals surface area contributed by atoms with E-state index in [1.807, 2.05) is 0 Å². The predicted octanol–water partition coefficient (Wildman–Crippen LogP) is 4.34. The van der Waals surface area contributed by atoms with E-state index in [0.29, 0.717) is 17.4 Å². The summed E-state index contributed by atoms with van der Waals surface area (Å²) in [6, 6.07) is 6.44. The molecule has 17 heavy (non-hydrogen) atoms. The topological polar surface area (TPSA) is 9.23 Å². The average molecular weight is 244 g/mol. The lowest BCUT2D eigenvalue weighted by atomic mass is 10.0. The molecular formula is C13H15F3O. The Morgan fingerprint density at radius 3 is 2.41 bits per heavy atom. The summed E-state index contributed by atoms with van der Waals surface area (Å²) in [5, 5.41) is 0. The van der Waals surface area contributed by atoms with Gasteiger partial charge in [0.25, 0.3) is 0 Å². The molecule has 0 N–H and O–H groups in total. The normalized spacial score (nSPS) is 23.9. The minimum atomic E-state index is -4.61. The van der Waals surface area contributed by atoms with Crippen molar-refractivity contribution >= 4 is 0 Å². The maximum atomic E-state index is 12.2. The van der Waals surface area contributed by atoms with E-state index in [4.69, 9.17) is 0 Å². The van der Waals surface area contributed by atoms with Crippen molar-refractivity contribution in [1.29, 1.82) is 0 Å². The third-order valence-electron chi connectivity index (χ3n) is 3.24. The van der Waals surface area contributed by atoms with Gasteiger partial charge in [0.05, 0.1) is 0 Å². The van der Waals surface area contributed by atoms with Crippen molar-refractivity contribution in [2.75, 3.05) is 0 Å². The highest BCUT2D eigenvalue weighted by Crippen LogP contribution is 2.54. The van der Waals surface area contributed by atoms with Gasteiger partial charge in [-0.25, -0.2) is 0 Å². The summed E-state index contributed by atoms with van der Waals surface area (Å²) in [6.07, 6.45) is -3.66. The number of hydrogen-bond donors (Lipinski definition) is 0. The summed E-state index contributed by atoms with van der Waals surface area (Å²) < 4.78 is 40.8. The van der Waals surface area contributed by atoms with Gasteiger partial charge in [0.1, 0.15) is 5.75 Å². The fraction of sp³-hybridized carbons (Fsp3) is 0.538. The number of para-hydroxylation sites is 1. The monoisotopic (exact) mass is 244 g/mol. The average Bonchev–Trinajstić information content (AvgIpc) is 2.95. The van der Waals surface area contributed by atoms with E-state index in [2.05, 4.69) is 18.6 Å². The molecule has 0 saturated heterocycles. The smallest absolute Gasteiger partial charge is 0.405 e. The first kappa shape index (κ1) is 12.3. The third kappa shape index (κ3) is 2.93. The van der Waals surface area contributed by atoms with Crippen LogP contribution < -0.4 is 4.74 Å². The van der Waals surface area contributed by atoms with Crippen LogP contribution >= 0.6 is 0 Å². The van der Waals surface area contributed by atoms with Crippen molar-refractivity contribution < 1.29 is 17.9 Å². The lowest BCUT2D eigenvalue weighted by Crippen LogP contribution is -2.18. The van der Waals surface area contributed by atoms with E-state index in [0.717, 1.165) is 6.42 Å². The number of halogens is 3. The van der Waals surface area contributed by atoms with Crippen LogP contribution in [0.1, 0.15) is 31.7 Å². The van der Waals surface area contributed by atoms with E-state index < -0.39 is 6.36 Å². The van der Waals surface area contributed by atoms with Gasteiger partial charge < -0.3 is 4.74 Å². The predicted molar refractivity (Wildman–Crippen MR) is 58.8 cm³/mol. The minimum Gasteiger partial charge on any atom is -0.405 e. The second-order valence-corrected chi connectivity index (χ2v) is 4.84. The van der Waals surface area contributed by atoms with Crippen molar-refractivity contribution in [3.8, 4) is 5.75 Å². The fourth-order valence-corrected chi connectivity index (χ4v) is 2.31. The van der Waals surface area contributed by atoms with Crippen LogP contribution in [-0.4, -0.2) is 6.36 Å². The van der Waals surface area contributed by atoms with Gasteiger partial charge in [-0.2, -0.15) is 0 Å². The zero-order valence-corrected chi connectivity index (χ0v) is 9.79. The van der Waals surface area contributed by atoms with Crippen molar-refractivity contribution in [3.05, 3.63) is 29.8 Å². The van der Waals surface area contributed by atoms with Crippen LogP contribution in [0.25, 0.3) is 0 Å². The van der Waals surface area contributed by atoms with Crippen LogP contribution in [0.4, 0.5) is 13.2 Å². The van der Waals surface area contributed by atoms with Gasteiger partial charge in [-0.15, -0.1) is 13.2 Å². The van der Waals surface area contributed by atoms with Gasteiger partial charge in [-0.3, -0.25) is 0 Å². The molecule has 1 saturated carbocycles. The zero-order chi connectivity index (χ0) is 12.6. The quantitative estimate of drug-likeness (QED) is 0.768. The zero-order valence-electron chi connectivity index (χ0n) is 9.79. The van der Waals surface area contributed by atoms with Gasteiger partial charge in [0.2, 0.25) is 0 Å². The minimum absolute atomic E-state index is 0.0480. The van der Waals surface area contributed by atoms with Gasteiger partial charge in [0, 0.05) is 0 Å². The Kier molecular flexibility index (Phi) is 3.06. The molecule has 1 aliphatic rings. The molecule has 0 amide bonds. The van der Waals surface area contributed by atoms with Crippen LogP contribution in [0.3, 0.4) is 0 Å². The molecule has 1 nitrogen and oxygen atoms in total. The molecule has 0 spiro atoms. The highest BCUT2D eigenvalue weighted by Gasteiger charge is 2.43. The molecule has 1 aliphatic carbocycles. The number of rotatable bonds is 3. The largest absolute Gasteiger partial charge is 0.573 e. The second-order valence-electron chi connectivity index (χ2n) is 4.84. The molecule has 1 aromatic rings. The number of alkyl halides is 3. The van der Waals surface area contributed by atoms with Crippen LogP contribution in [0.5, 0.6) is 5.75 Å². The maximum absolute atomic E-state index is 12.2. The van der Waals surface area contributed by atoms with Gasteiger partial charge >= 0.3 is 6.36 Å². The van der Waals surface area contributed by atoms with Crippen LogP contribution in [0.15, 0.2) is 24.3 Å². The van der Waals surface area contributed by atoms with Crippen molar-refractivity contribution in [3.63, 3.8) is 0 Å². The molecule has 2 rings (SSSR count). The highest BCUT2D eigenvalue weighted by molar-refractivity contribution is 5.39. The molecular weight excluding hydrogens is 229 g/mol. The maximum Gasteiger partial charge on any atom is 0.573 e. The van der Waals surface area contributed by atoms with Crippen LogP contribution in [0.2, 0.25) is 0 Å². The van der Waals surface area contributed by atoms with Gasteiger partial charge in [-0.05, 0) is 35.8 Å². The summed E-state index contributed by atoms with van der Waals surface area (Å²) in [6.45, 7) is 4.19. The standard InChI is InChI=1S/C13H15F3O/c1-8(2)10-7-11(10)9-5-3-4-6-12(9)17-13(14,15)16/h3-6,8,10-11H,7H2,1-2H3/t10-,11-/m1/s1. The Morgan fingerprint density at radius 1 is 1.24 bits per heavy atom. The van der Waals surface area contributed by atoms with Crippen LogP contribution in [-0.2, 0) is 0 Å². The number of hydrogen-bond acceptors (Lipinski definition) is 1. The van der Waals surface area contributed by atoms with Crippen LogP contribution in [0, 0.1) is 11.8 Å². The molecule has 0 aromatic heterocycles. The van der Waals surface area contributed by atoms with Gasteiger partial charge in [-0.1, -0.05) is 32.0 Å². The van der Waals surface area contributed by atoms with Gasteiger partial charge in [0.15, 0.2) is 0 Å².